The van der Waals surface area contributed by atoms with Crippen molar-refractivity contribution in [2.24, 2.45) is 5.73 Å². The normalized spacial score (nSPS) is 17.1. The maximum Gasteiger partial charge on any atom is 0.240 e. The molecule has 0 radical (unpaired) electrons. The van der Waals surface area contributed by atoms with Gasteiger partial charge in [-0.3, -0.25) is 4.79 Å². The van der Waals surface area contributed by atoms with Crippen LogP contribution in [0.15, 0.2) is 24.3 Å². The van der Waals surface area contributed by atoms with Crippen LogP contribution < -0.4 is 11.1 Å². The van der Waals surface area contributed by atoms with Gasteiger partial charge in [0.15, 0.2) is 9.84 Å². The van der Waals surface area contributed by atoms with E-state index < -0.39 is 15.9 Å². The first-order valence-corrected chi connectivity index (χ1v) is 9.47. The average molecular weight is 361 g/mol. The third kappa shape index (κ3) is 5.79. The monoisotopic (exact) mass is 360 g/mol. The Morgan fingerprint density at radius 1 is 1.30 bits per heavy atom. The summed E-state index contributed by atoms with van der Waals surface area (Å²) in [7, 11) is -3.14. The van der Waals surface area contributed by atoms with Crippen LogP contribution in [0.1, 0.15) is 44.6 Å². The van der Waals surface area contributed by atoms with Gasteiger partial charge >= 0.3 is 0 Å². The molecule has 130 valence electrons. The van der Waals surface area contributed by atoms with E-state index in [9.17, 15) is 13.2 Å². The van der Waals surface area contributed by atoms with Crippen molar-refractivity contribution in [3.05, 3.63) is 29.8 Å². The Kier molecular flexibility index (Phi) is 7.51. The number of hydrogen-bond donors (Lipinski definition) is 2. The summed E-state index contributed by atoms with van der Waals surface area (Å²) >= 11 is 0. The second-order valence-corrected chi connectivity index (χ2v) is 8.33. The highest BCUT2D eigenvalue weighted by atomic mass is 35.5. The maximum atomic E-state index is 12.5. The van der Waals surface area contributed by atoms with Gasteiger partial charge in [0.05, 0.1) is 17.0 Å². The highest BCUT2D eigenvalue weighted by molar-refractivity contribution is 7.91. The molecule has 0 aliphatic heterocycles. The lowest BCUT2D eigenvalue weighted by atomic mass is 10.0. The van der Waals surface area contributed by atoms with Crippen LogP contribution in [-0.2, 0) is 20.4 Å². The van der Waals surface area contributed by atoms with Gasteiger partial charge in [-0.1, -0.05) is 31.4 Å². The van der Waals surface area contributed by atoms with Gasteiger partial charge in [-0.25, -0.2) is 8.42 Å². The molecule has 0 spiro atoms. The number of rotatable bonds is 5. The standard InChI is InChI=1S/C16H24N2O3S.ClH/c1-12(17)16(19)18-14-7-5-6-13(10-14)11-22(20,21)15-8-3-2-4-9-15;/h5-7,10,12,15H,2-4,8-9,11,17H2,1H3,(H,18,19);1H/t12-;/m1./s1. The molecule has 1 aliphatic carbocycles. The molecule has 2 rings (SSSR count). The number of nitrogens with two attached hydrogens (primary N) is 1. The van der Waals surface area contributed by atoms with Gasteiger partial charge in [0.2, 0.25) is 5.91 Å². The molecular weight excluding hydrogens is 336 g/mol. The molecule has 1 saturated carbocycles. The predicted octanol–water partition coefficient (Wildman–Crippen LogP) is 2.64. The summed E-state index contributed by atoms with van der Waals surface area (Å²) in [5, 5.41) is 2.47. The van der Waals surface area contributed by atoms with Gasteiger partial charge in [0.1, 0.15) is 0 Å². The summed E-state index contributed by atoms with van der Waals surface area (Å²) in [4.78, 5) is 11.6. The Morgan fingerprint density at radius 2 is 1.96 bits per heavy atom. The number of sulfone groups is 1. The molecule has 23 heavy (non-hydrogen) atoms. The zero-order chi connectivity index (χ0) is 16.2. The number of carbonyl (C=O) groups is 1. The van der Waals surface area contributed by atoms with E-state index in [-0.39, 0.29) is 29.3 Å². The number of nitrogens with one attached hydrogen (secondary N) is 1. The molecule has 0 saturated heterocycles. The van der Waals surface area contributed by atoms with Gasteiger partial charge in [-0.05, 0) is 37.5 Å². The second-order valence-electron chi connectivity index (χ2n) is 6.05. The lowest BCUT2D eigenvalue weighted by molar-refractivity contribution is -0.117. The van der Waals surface area contributed by atoms with Crippen molar-refractivity contribution in [3.8, 4) is 0 Å². The van der Waals surface area contributed by atoms with Crippen molar-refractivity contribution >= 4 is 33.8 Å². The number of amides is 1. The Labute approximate surface area is 144 Å². The predicted molar refractivity (Wildman–Crippen MR) is 95.5 cm³/mol. The Bertz CT molecular complexity index is 626. The Balaban J connectivity index is 0.00000264. The van der Waals surface area contributed by atoms with Gasteiger partial charge in [-0.2, -0.15) is 0 Å². The van der Waals surface area contributed by atoms with Crippen LogP contribution in [0.5, 0.6) is 0 Å². The molecule has 1 aliphatic rings. The number of anilines is 1. The van der Waals surface area contributed by atoms with Crippen LogP contribution in [0.3, 0.4) is 0 Å². The van der Waals surface area contributed by atoms with E-state index in [2.05, 4.69) is 5.32 Å². The van der Waals surface area contributed by atoms with Crippen LogP contribution in [0, 0.1) is 0 Å². The highest BCUT2D eigenvalue weighted by Gasteiger charge is 2.27. The number of benzene rings is 1. The van der Waals surface area contributed by atoms with Crippen molar-refractivity contribution < 1.29 is 13.2 Å². The first-order chi connectivity index (χ1) is 10.4. The lowest BCUT2D eigenvalue weighted by Gasteiger charge is -2.21. The van der Waals surface area contributed by atoms with E-state index in [0.717, 1.165) is 32.1 Å². The molecule has 1 amide bonds. The Morgan fingerprint density at radius 3 is 2.57 bits per heavy atom. The number of hydrogen-bond acceptors (Lipinski definition) is 4. The molecule has 0 heterocycles. The average Bonchev–Trinajstić information content (AvgIpc) is 2.48. The first-order valence-electron chi connectivity index (χ1n) is 7.75. The fraction of sp³-hybridized carbons (Fsp3) is 0.562. The van der Waals surface area contributed by atoms with Gasteiger partial charge in [-0.15, -0.1) is 12.4 Å². The van der Waals surface area contributed by atoms with Crippen LogP contribution in [0.4, 0.5) is 5.69 Å². The SMILES string of the molecule is C[C@@H](N)C(=O)Nc1cccc(CS(=O)(=O)C2CCCCC2)c1.Cl. The third-order valence-electron chi connectivity index (χ3n) is 4.04. The van der Waals surface area contributed by atoms with Crippen LogP contribution in [-0.4, -0.2) is 25.6 Å². The molecule has 0 aromatic heterocycles. The van der Waals surface area contributed by atoms with E-state index in [1.165, 1.54) is 0 Å². The van der Waals surface area contributed by atoms with Crippen molar-refractivity contribution in [3.63, 3.8) is 0 Å². The van der Waals surface area contributed by atoms with Gasteiger partial charge in [0, 0.05) is 5.69 Å². The van der Waals surface area contributed by atoms with E-state index in [1.807, 2.05) is 0 Å². The second kappa shape index (κ2) is 8.66. The summed E-state index contributed by atoms with van der Waals surface area (Å²) < 4.78 is 25.0. The van der Waals surface area contributed by atoms with Crippen LogP contribution in [0.2, 0.25) is 0 Å². The molecule has 5 nitrogen and oxygen atoms in total. The minimum atomic E-state index is -3.14. The fourth-order valence-electron chi connectivity index (χ4n) is 2.77. The number of halogens is 1. The van der Waals surface area contributed by atoms with Gasteiger partial charge in [0.25, 0.3) is 0 Å². The molecule has 1 aromatic rings. The Hall–Kier alpha value is -1.11. The maximum absolute atomic E-state index is 12.5. The van der Waals surface area contributed by atoms with Crippen molar-refractivity contribution in [2.75, 3.05) is 5.32 Å². The van der Waals surface area contributed by atoms with Crippen molar-refractivity contribution in [1.82, 2.24) is 0 Å². The summed E-state index contributed by atoms with van der Waals surface area (Å²) in [5.74, 6) is -0.258. The lowest BCUT2D eigenvalue weighted by Crippen LogP contribution is -2.32. The summed E-state index contributed by atoms with van der Waals surface area (Å²) in [6.07, 6.45) is 4.65. The molecular formula is C16H25ClN2O3S. The first kappa shape index (κ1) is 19.9. The third-order valence-corrected chi connectivity index (χ3v) is 6.26. The van der Waals surface area contributed by atoms with E-state index in [1.54, 1.807) is 31.2 Å². The molecule has 7 heteroatoms. The highest BCUT2D eigenvalue weighted by Crippen LogP contribution is 2.26. The fourth-order valence-corrected chi connectivity index (χ4v) is 4.70. The smallest absolute Gasteiger partial charge is 0.240 e. The molecule has 1 fully saturated rings. The van der Waals surface area contributed by atoms with E-state index >= 15 is 0 Å². The van der Waals surface area contributed by atoms with Crippen molar-refractivity contribution in [1.29, 1.82) is 0 Å². The minimum absolute atomic E-state index is 0. The summed E-state index contributed by atoms with van der Waals surface area (Å²) in [6.45, 7) is 1.60. The van der Waals surface area contributed by atoms with Crippen molar-refractivity contribution in [2.45, 2.75) is 56.1 Å². The molecule has 1 aromatic carbocycles. The molecule has 0 bridgehead atoms. The van der Waals surface area contributed by atoms with E-state index in [0.29, 0.717) is 11.3 Å². The summed E-state index contributed by atoms with van der Waals surface area (Å²) in [6, 6.07) is 6.37. The van der Waals surface area contributed by atoms with E-state index in [4.69, 9.17) is 5.73 Å². The van der Waals surface area contributed by atoms with Crippen LogP contribution >= 0.6 is 12.4 Å². The number of carbonyl (C=O) groups excluding carboxylic acids is 1. The minimum Gasteiger partial charge on any atom is -0.325 e. The quantitative estimate of drug-likeness (QED) is 0.844. The largest absolute Gasteiger partial charge is 0.325 e. The molecule has 3 N–H and O–H groups in total. The summed E-state index contributed by atoms with van der Waals surface area (Å²) in [5.41, 5.74) is 6.80. The van der Waals surface area contributed by atoms with Gasteiger partial charge < -0.3 is 11.1 Å². The van der Waals surface area contributed by atoms with Crippen LogP contribution in [0.25, 0.3) is 0 Å². The zero-order valence-electron chi connectivity index (χ0n) is 13.3. The molecule has 1 atom stereocenters. The zero-order valence-corrected chi connectivity index (χ0v) is 15.0. The topological polar surface area (TPSA) is 89.3 Å². The molecule has 0 unspecified atom stereocenters.